The molecule has 29 heavy (non-hydrogen) atoms. The topological polar surface area (TPSA) is 225 Å². The molecular weight excluding hydrogens is 392 g/mol. The first-order chi connectivity index (χ1) is 13.3. The monoisotopic (exact) mass is 418 g/mol. The van der Waals surface area contributed by atoms with Gasteiger partial charge in [0.15, 0.2) is 0 Å². The second kappa shape index (κ2) is 12.3. The van der Waals surface area contributed by atoms with Crippen LogP contribution in [-0.4, -0.2) is 75.6 Å². The standard InChI is InChI=1S/C16H26N4O9/c1-7(2)13(16(28)29)20-15(27)9(3-4-11(22)23)19-10(21)6-18-14(26)8(17)5-12(24)25/h7-9,13H,3-6,17H2,1-2H3,(H,18,26)(H,19,21)(H,20,27)(H,22,23)(H,24,25)(H,28,29). The summed E-state index contributed by atoms with van der Waals surface area (Å²) in [5.74, 6) is -6.97. The summed E-state index contributed by atoms with van der Waals surface area (Å²) in [7, 11) is 0. The Bertz CT molecular complexity index is 650. The summed E-state index contributed by atoms with van der Waals surface area (Å²) in [5.41, 5.74) is 5.34. The summed E-state index contributed by atoms with van der Waals surface area (Å²) < 4.78 is 0. The Balaban J connectivity index is 4.95. The molecule has 0 saturated carbocycles. The quantitative estimate of drug-likeness (QED) is 0.166. The molecule has 3 atom stereocenters. The molecule has 0 aromatic heterocycles. The van der Waals surface area contributed by atoms with E-state index >= 15 is 0 Å². The highest BCUT2D eigenvalue weighted by atomic mass is 16.4. The van der Waals surface area contributed by atoms with Crippen LogP contribution in [0.3, 0.4) is 0 Å². The van der Waals surface area contributed by atoms with Crippen molar-refractivity contribution in [3.05, 3.63) is 0 Å². The summed E-state index contributed by atoms with van der Waals surface area (Å²) in [5, 5.41) is 33.0. The molecule has 0 fully saturated rings. The zero-order valence-corrected chi connectivity index (χ0v) is 16.0. The van der Waals surface area contributed by atoms with Crippen LogP contribution in [0.1, 0.15) is 33.1 Å². The van der Waals surface area contributed by atoms with Crippen LogP contribution in [0.5, 0.6) is 0 Å². The van der Waals surface area contributed by atoms with Gasteiger partial charge in [0.2, 0.25) is 17.7 Å². The molecule has 0 radical (unpaired) electrons. The second-order valence-electron chi connectivity index (χ2n) is 6.54. The molecule has 3 unspecified atom stereocenters. The Labute approximate surface area is 166 Å². The molecule has 13 nitrogen and oxygen atoms in total. The summed E-state index contributed by atoms with van der Waals surface area (Å²) >= 11 is 0. The molecule has 164 valence electrons. The van der Waals surface area contributed by atoms with E-state index in [9.17, 15) is 28.8 Å². The van der Waals surface area contributed by atoms with Crippen LogP contribution in [0, 0.1) is 5.92 Å². The molecule has 0 aliphatic heterocycles. The van der Waals surface area contributed by atoms with Crippen molar-refractivity contribution in [3.8, 4) is 0 Å². The first-order valence-electron chi connectivity index (χ1n) is 8.64. The normalized spacial score (nSPS) is 13.7. The van der Waals surface area contributed by atoms with E-state index < -0.39 is 79.1 Å². The number of nitrogens with two attached hydrogens (primary N) is 1. The molecule has 0 saturated heterocycles. The van der Waals surface area contributed by atoms with Crippen LogP contribution in [-0.2, 0) is 28.8 Å². The Hall–Kier alpha value is -3.22. The smallest absolute Gasteiger partial charge is 0.326 e. The van der Waals surface area contributed by atoms with Crippen LogP contribution >= 0.6 is 0 Å². The third-order valence-electron chi connectivity index (χ3n) is 3.68. The minimum absolute atomic E-state index is 0.316. The van der Waals surface area contributed by atoms with Gasteiger partial charge in [-0.1, -0.05) is 13.8 Å². The predicted octanol–water partition coefficient (Wildman–Crippen LogP) is -2.52. The van der Waals surface area contributed by atoms with Crippen LogP contribution < -0.4 is 21.7 Å². The first-order valence-corrected chi connectivity index (χ1v) is 8.64. The van der Waals surface area contributed by atoms with Crippen molar-refractivity contribution in [1.82, 2.24) is 16.0 Å². The van der Waals surface area contributed by atoms with Crippen LogP contribution in [0.4, 0.5) is 0 Å². The van der Waals surface area contributed by atoms with Crippen LogP contribution in [0.15, 0.2) is 0 Å². The fourth-order valence-corrected chi connectivity index (χ4v) is 2.13. The first kappa shape index (κ1) is 25.8. The van der Waals surface area contributed by atoms with Crippen molar-refractivity contribution in [3.63, 3.8) is 0 Å². The van der Waals surface area contributed by atoms with Crippen molar-refractivity contribution in [2.75, 3.05) is 6.54 Å². The third kappa shape index (κ3) is 10.6. The zero-order chi connectivity index (χ0) is 22.7. The lowest BCUT2D eigenvalue weighted by Gasteiger charge is -2.23. The Morgan fingerprint density at radius 3 is 1.93 bits per heavy atom. The van der Waals surface area contributed by atoms with Gasteiger partial charge < -0.3 is 37.0 Å². The molecule has 0 bridgehead atoms. The van der Waals surface area contributed by atoms with Gasteiger partial charge in [-0.2, -0.15) is 0 Å². The van der Waals surface area contributed by atoms with Gasteiger partial charge in [0.1, 0.15) is 12.1 Å². The largest absolute Gasteiger partial charge is 0.481 e. The van der Waals surface area contributed by atoms with Gasteiger partial charge in [0.25, 0.3) is 0 Å². The molecule has 0 aromatic rings. The molecule has 8 N–H and O–H groups in total. The molecule has 13 heteroatoms. The van der Waals surface area contributed by atoms with Gasteiger partial charge >= 0.3 is 17.9 Å². The maximum Gasteiger partial charge on any atom is 0.326 e. The third-order valence-corrected chi connectivity index (χ3v) is 3.68. The zero-order valence-electron chi connectivity index (χ0n) is 16.0. The number of amides is 3. The molecule has 0 spiro atoms. The van der Waals surface area contributed by atoms with Gasteiger partial charge in [-0.3, -0.25) is 24.0 Å². The highest BCUT2D eigenvalue weighted by Gasteiger charge is 2.29. The van der Waals surface area contributed by atoms with E-state index in [1.165, 1.54) is 0 Å². The molecule has 3 amide bonds. The molecule has 0 heterocycles. The number of rotatable bonds is 13. The lowest BCUT2D eigenvalue weighted by Crippen LogP contribution is -2.54. The number of carbonyl (C=O) groups excluding carboxylic acids is 3. The van der Waals surface area contributed by atoms with Crippen molar-refractivity contribution >= 4 is 35.6 Å². The van der Waals surface area contributed by atoms with Crippen molar-refractivity contribution in [2.24, 2.45) is 11.7 Å². The van der Waals surface area contributed by atoms with Crippen molar-refractivity contribution in [1.29, 1.82) is 0 Å². The summed E-state index contributed by atoms with van der Waals surface area (Å²) in [4.78, 5) is 68.4. The summed E-state index contributed by atoms with van der Waals surface area (Å²) in [6, 6.07) is -3.99. The summed E-state index contributed by atoms with van der Waals surface area (Å²) in [6.45, 7) is 2.47. The highest BCUT2D eigenvalue weighted by Crippen LogP contribution is 2.05. The number of carboxylic acid groups (broad SMARTS) is 3. The Morgan fingerprint density at radius 1 is 0.897 bits per heavy atom. The van der Waals surface area contributed by atoms with Crippen molar-refractivity contribution in [2.45, 2.75) is 51.2 Å². The molecule has 0 aliphatic rings. The number of nitrogens with one attached hydrogen (secondary N) is 3. The minimum Gasteiger partial charge on any atom is -0.481 e. The number of carbonyl (C=O) groups is 6. The van der Waals surface area contributed by atoms with Gasteiger partial charge in [-0.25, -0.2) is 4.79 Å². The minimum atomic E-state index is -1.38. The lowest BCUT2D eigenvalue weighted by atomic mass is 10.0. The maximum atomic E-state index is 12.3. The maximum absolute atomic E-state index is 12.3. The van der Waals surface area contributed by atoms with Crippen LogP contribution in [0.25, 0.3) is 0 Å². The second-order valence-corrected chi connectivity index (χ2v) is 6.54. The average Bonchev–Trinajstić information content (AvgIpc) is 2.59. The van der Waals surface area contributed by atoms with Gasteiger partial charge in [0, 0.05) is 6.42 Å². The van der Waals surface area contributed by atoms with E-state index in [1.807, 2.05) is 0 Å². The predicted molar refractivity (Wildman–Crippen MR) is 96.4 cm³/mol. The Kier molecular flexibility index (Phi) is 10.9. The van der Waals surface area contributed by atoms with E-state index in [1.54, 1.807) is 13.8 Å². The number of carboxylic acids is 3. The number of hydrogen-bond acceptors (Lipinski definition) is 7. The lowest BCUT2D eigenvalue weighted by molar-refractivity contribution is -0.144. The number of hydrogen-bond donors (Lipinski definition) is 7. The van der Waals surface area contributed by atoms with Gasteiger partial charge in [-0.05, 0) is 12.3 Å². The fourth-order valence-electron chi connectivity index (χ4n) is 2.13. The molecular formula is C16H26N4O9. The molecule has 0 rings (SSSR count). The van der Waals surface area contributed by atoms with E-state index in [4.69, 9.17) is 21.1 Å². The van der Waals surface area contributed by atoms with E-state index in [2.05, 4.69) is 16.0 Å². The molecule has 0 aromatic carbocycles. The fraction of sp³-hybridized carbons (Fsp3) is 0.625. The molecule has 0 aliphatic carbocycles. The summed E-state index contributed by atoms with van der Waals surface area (Å²) in [6.07, 6.45) is -1.44. The Morgan fingerprint density at radius 2 is 1.48 bits per heavy atom. The van der Waals surface area contributed by atoms with E-state index in [0.717, 1.165) is 0 Å². The van der Waals surface area contributed by atoms with Gasteiger partial charge in [0.05, 0.1) is 19.0 Å². The van der Waals surface area contributed by atoms with Crippen molar-refractivity contribution < 1.29 is 44.1 Å². The van der Waals surface area contributed by atoms with E-state index in [0.29, 0.717) is 0 Å². The SMILES string of the molecule is CC(C)C(NC(=O)C(CCC(=O)O)NC(=O)CNC(=O)C(N)CC(=O)O)C(=O)O. The van der Waals surface area contributed by atoms with E-state index in [-0.39, 0.29) is 6.42 Å². The highest BCUT2D eigenvalue weighted by molar-refractivity contribution is 5.93. The average molecular weight is 418 g/mol. The number of aliphatic carboxylic acids is 3. The van der Waals surface area contributed by atoms with Crippen LogP contribution in [0.2, 0.25) is 0 Å². The van der Waals surface area contributed by atoms with Gasteiger partial charge in [-0.15, -0.1) is 0 Å².